The van der Waals surface area contributed by atoms with Gasteiger partial charge in [0.2, 0.25) is 0 Å². The predicted molar refractivity (Wildman–Crippen MR) is 82.1 cm³/mol. The van der Waals surface area contributed by atoms with Crippen molar-refractivity contribution < 1.29 is 9.47 Å². The Kier molecular flexibility index (Phi) is 5.84. The zero-order valence-electron chi connectivity index (χ0n) is 13.8. The lowest BCUT2D eigenvalue weighted by Gasteiger charge is -2.39. The molecule has 2 fully saturated rings. The van der Waals surface area contributed by atoms with Gasteiger partial charge in [0.05, 0.1) is 24.4 Å². The fourth-order valence-electron chi connectivity index (χ4n) is 3.81. The average Bonchev–Trinajstić information content (AvgIpc) is 2.24. The first-order chi connectivity index (χ1) is 9.42. The Labute approximate surface area is 124 Å². The van der Waals surface area contributed by atoms with E-state index in [2.05, 4.69) is 44.4 Å². The van der Waals surface area contributed by atoms with Crippen molar-refractivity contribution in [3.63, 3.8) is 0 Å². The molecule has 0 bridgehead atoms. The third-order valence-electron chi connectivity index (χ3n) is 4.13. The molecule has 4 heteroatoms. The zero-order chi connectivity index (χ0) is 14.7. The first-order valence-electron chi connectivity index (χ1n) is 8.18. The lowest BCUT2D eigenvalue weighted by atomic mass is 10.1. The molecule has 0 aliphatic carbocycles. The number of hydrogen-bond acceptors (Lipinski definition) is 4. The summed E-state index contributed by atoms with van der Waals surface area (Å²) in [7, 11) is 0. The number of morpholine rings is 2. The summed E-state index contributed by atoms with van der Waals surface area (Å²) in [6.07, 6.45) is 1.48. The Morgan fingerprint density at radius 1 is 0.750 bits per heavy atom. The van der Waals surface area contributed by atoms with Crippen LogP contribution in [0, 0.1) is 5.92 Å². The molecule has 2 aliphatic heterocycles. The van der Waals surface area contributed by atoms with Gasteiger partial charge in [-0.1, -0.05) is 6.92 Å². The summed E-state index contributed by atoms with van der Waals surface area (Å²) < 4.78 is 11.6. The van der Waals surface area contributed by atoms with Crippen LogP contribution < -0.4 is 0 Å². The first-order valence-corrected chi connectivity index (χ1v) is 8.18. The van der Waals surface area contributed by atoms with Gasteiger partial charge in [0.15, 0.2) is 0 Å². The van der Waals surface area contributed by atoms with Gasteiger partial charge in [-0.25, -0.2) is 0 Å². The van der Waals surface area contributed by atoms with Crippen LogP contribution in [0.4, 0.5) is 0 Å². The standard InChI is InChI=1S/C16H32N2O2/c1-12(6-17-8-13(2)19-14(3)9-17)7-18-10-15(4)20-16(5)11-18/h12-16H,6-11H2,1-5H3/t12?,13-,14-,15-,16+/m0/s1. The van der Waals surface area contributed by atoms with E-state index >= 15 is 0 Å². The average molecular weight is 284 g/mol. The molecule has 4 nitrogen and oxygen atoms in total. The maximum atomic E-state index is 5.81. The largest absolute Gasteiger partial charge is 0.373 e. The maximum Gasteiger partial charge on any atom is 0.0678 e. The molecule has 2 heterocycles. The smallest absolute Gasteiger partial charge is 0.0678 e. The van der Waals surface area contributed by atoms with Crippen LogP contribution in [0.25, 0.3) is 0 Å². The van der Waals surface area contributed by atoms with Gasteiger partial charge in [-0.05, 0) is 33.6 Å². The molecule has 5 atom stereocenters. The number of rotatable bonds is 4. The van der Waals surface area contributed by atoms with E-state index in [1.165, 1.54) is 13.1 Å². The van der Waals surface area contributed by atoms with Crippen LogP contribution in [-0.2, 0) is 9.47 Å². The highest BCUT2D eigenvalue weighted by atomic mass is 16.5. The normalized spacial score (nSPS) is 38.9. The molecular formula is C16H32N2O2. The molecule has 0 radical (unpaired) electrons. The SMILES string of the molecule is CC(CN1C[C@@H](C)O[C@@H](C)C1)CN1C[C@H](C)O[C@@H](C)C1. The van der Waals surface area contributed by atoms with Crippen molar-refractivity contribution in [3.05, 3.63) is 0 Å². The van der Waals surface area contributed by atoms with Gasteiger partial charge in [0, 0.05) is 39.3 Å². The molecule has 0 saturated carbocycles. The van der Waals surface area contributed by atoms with Gasteiger partial charge in [-0.15, -0.1) is 0 Å². The fourth-order valence-corrected chi connectivity index (χ4v) is 3.81. The third-order valence-corrected chi connectivity index (χ3v) is 4.13. The van der Waals surface area contributed by atoms with E-state index in [0.717, 1.165) is 26.2 Å². The minimum absolute atomic E-state index is 0.370. The van der Waals surface area contributed by atoms with Crippen molar-refractivity contribution in [1.82, 2.24) is 9.80 Å². The molecule has 0 aromatic rings. The minimum Gasteiger partial charge on any atom is -0.373 e. The molecule has 0 N–H and O–H groups in total. The summed E-state index contributed by atoms with van der Waals surface area (Å²) in [5.74, 6) is 0.699. The van der Waals surface area contributed by atoms with Crippen LogP contribution in [0.1, 0.15) is 34.6 Å². The van der Waals surface area contributed by atoms with E-state index in [9.17, 15) is 0 Å². The van der Waals surface area contributed by atoms with Gasteiger partial charge in [-0.2, -0.15) is 0 Å². The van der Waals surface area contributed by atoms with E-state index < -0.39 is 0 Å². The summed E-state index contributed by atoms with van der Waals surface area (Å²) in [4.78, 5) is 5.13. The topological polar surface area (TPSA) is 24.9 Å². The lowest BCUT2D eigenvalue weighted by molar-refractivity contribution is -0.0811. The van der Waals surface area contributed by atoms with Crippen molar-refractivity contribution in [2.45, 2.75) is 59.0 Å². The summed E-state index contributed by atoms with van der Waals surface area (Å²) in [6.45, 7) is 17.7. The van der Waals surface area contributed by atoms with Gasteiger partial charge in [-0.3, -0.25) is 9.80 Å². The summed E-state index contributed by atoms with van der Waals surface area (Å²) in [5, 5.41) is 0. The van der Waals surface area contributed by atoms with Crippen LogP contribution in [0.5, 0.6) is 0 Å². The Morgan fingerprint density at radius 3 is 1.35 bits per heavy atom. The monoisotopic (exact) mass is 284 g/mol. The highest BCUT2D eigenvalue weighted by Gasteiger charge is 2.26. The van der Waals surface area contributed by atoms with Crippen molar-refractivity contribution in [1.29, 1.82) is 0 Å². The number of ether oxygens (including phenoxy) is 2. The Morgan fingerprint density at radius 2 is 1.05 bits per heavy atom. The number of hydrogen-bond donors (Lipinski definition) is 0. The Hall–Kier alpha value is -0.160. The summed E-state index contributed by atoms with van der Waals surface area (Å²) in [6, 6.07) is 0. The maximum absolute atomic E-state index is 5.81. The molecule has 2 saturated heterocycles. The molecule has 2 aliphatic rings. The second-order valence-corrected chi connectivity index (χ2v) is 7.06. The molecule has 20 heavy (non-hydrogen) atoms. The van der Waals surface area contributed by atoms with Crippen LogP contribution in [0.2, 0.25) is 0 Å². The summed E-state index contributed by atoms with van der Waals surface area (Å²) >= 11 is 0. The van der Waals surface area contributed by atoms with Gasteiger partial charge in [0.1, 0.15) is 0 Å². The second-order valence-electron chi connectivity index (χ2n) is 7.06. The van der Waals surface area contributed by atoms with E-state index in [0.29, 0.717) is 30.3 Å². The van der Waals surface area contributed by atoms with Crippen LogP contribution in [0.3, 0.4) is 0 Å². The molecule has 0 amide bonds. The first kappa shape index (κ1) is 16.2. The van der Waals surface area contributed by atoms with Gasteiger partial charge in [0.25, 0.3) is 0 Å². The van der Waals surface area contributed by atoms with E-state index in [1.807, 2.05) is 0 Å². The summed E-state index contributed by atoms with van der Waals surface area (Å²) in [5.41, 5.74) is 0. The number of nitrogens with zero attached hydrogens (tertiary/aromatic N) is 2. The van der Waals surface area contributed by atoms with Crippen molar-refractivity contribution >= 4 is 0 Å². The van der Waals surface area contributed by atoms with Crippen molar-refractivity contribution in [3.8, 4) is 0 Å². The van der Waals surface area contributed by atoms with E-state index in [1.54, 1.807) is 0 Å². The van der Waals surface area contributed by atoms with Gasteiger partial charge < -0.3 is 9.47 Å². The van der Waals surface area contributed by atoms with Crippen molar-refractivity contribution in [2.24, 2.45) is 5.92 Å². The van der Waals surface area contributed by atoms with Crippen LogP contribution in [-0.4, -0.2) is 73.5 Å². The quantitative estimate of drug-likeness (QED) is 0.786. The molecule has 118 valence electrons. The molecule has 0 aromatic heterocycles. The highest BCUT2D eigenvalue weighted by Crippen LogP contribution is 2.15. The molecule has 1 unspecified atom stereocenters. The molecule has 0 aromatic carbocycles. The fraction of sp³-hybridized carbons (Fsp3) is 1.00. The van der Waals surface area contributed by atoms with Crippen molar-refractivity contribution in [2.75, 3.05) is 39.3 Å². The van der Waals surface area contributed by atoms with Crippen LogP contribution in [0.15, 0.2) is 0 Å². The minimum atomic E-state index is 0.370. The second kappa shape index (κ2) is 7.21. The highest BCUT2D eigenvalue weighted by molar-refractivity contribution is 4.78. The molecule has 0 spiro atoms. The Bertz CT molecular complexity index is 252. The third kappa shape index (κ3) is 4.99. The molecular weight excluding hydrogens is 252 g/mol. The van der Waals surface area contributed by atoms with Crippen LogP contribution >= 0.6 is 0 Å². The lowest BCUT2D eigenvalue weighted by Crippen LogP contribution is -2.50. The van der Waals surface area contributed by atoms with E-state index in [-0.39, 0.29) is 0 Å². The molecule has 2 rings (SSSR count). The Balaban J connectivity index is 1.75. The van der Waals surface area contributed by atoms with E-state index in [4.69, 9.17) is 9.47 Å². The predicted octanol–water partition coefficient (Wildman–Crippen LogP) is 1.84. The van der Waals surface area contributed by atoms with Gasteiger partial charge >= 0.3 is 0 Å². The zero-order valence-corrected chi connectivity index (χ0v) is 13.8.